The molecule has 7 heteroatoms. The lowest BCUT2D eigenvalue weighted by atomic mass is 9.99. The Morgan fingerprint density at radius 3 is 3.00 bits per heavy atom. The quantitative estimate of drug-likeness (QED) is 0.812. The minimum Gasteiger partial charge on any atom is -0.313 e. The zero-order chi connectivity index (χ0) is 14.8. The summed E-state index contributed by atoms with van der Waals surface area (Å²) in [6, 6.07) is 2.09. The zero-order valence-electron chi connectivity index (χ0n) is 11.7. The number of hydrogen-bond donors (Lipinski definition) is 0. The van der Waals surface area contributed by atoms with Crippen LogP contribution in [0.2, 0.25) is 0 Å². The van der Waals surface area contributed by atoms with Gasteiger partial charge in [-0.05, 0) is 31.3 Å². The molecule has 108 valence electrons. The van der Waals surface area contributed by atoms with Crippen LogP contribution < -0.4 is 0 Å². The van der Waals surface area contributed by atoms with Crippen LogP contribution in [0.4, 0.5) is 0 Å². The van der Waals surface area contributed by atoms with Gasteiger partial charge in [0.1, 0.15) is 5.82 Å². The molecule has 0 bridgehead atoms. The van der Waals surface area contributed by atoms with E-state index < -0.39 is 5.92 Å². The Balaban J connectivity index is 1.98. The van der Waals surface area contributed by atoms with Gasteiger partial charge < -0.3 is 4.57 Å². The van der Waals surface area contributed by atoms with Gasteiger partial charge >= 0.3 is 0 Å². The Hall–Kier alpha value is -2.07. The van der Waals surface area contributed by atoms with Crippen molar-refractivity contribution in [3.8, 4) is 6.07 Å². The number of carbonyl (C=O) groups is 1. The van der Waals surface area contributed by atoms with Gasteiger partial charge in [-0.15, -0.1) is 10.2 Å². The van der Waals surface area contributed by atoms with Crippen molar-refractivity contribution in [2.24, 2.45) is 0 Å². The number of carbonyl (C=O) groups excluding carboxylic acids is 1. The number of nitriles is 1. The Bertz CT molecular complexity index is 711. The Labute approximate surface area is 126 Å². The van der Waals surface area contributed by atoms with Gasteiger partial charge in [-0.3, -0.25) is 4.79 Å². The molecule has 1 aliphatic heterocycles. The second kappa shape index (κ2) is 5.74. The molecule has 0 saturated heterocycles. The molecule has 0 N–H and O–H groups in total. The predicted octanol–water partition coefficient (Wildman–Crippen LogP) is 2.26. The van der Waals surface area contributed by atoms with E-state index in [0.29, 0.717) is 17.1 Å². The maximum atomic E-state index is 12.6. The van der Waals surface area contributed by atoms with E-state index in [4.69, 9.17) is 0 Å². The van der Waals surface area contributed by atoms with Gasteiger partial charge in [0.2, 0.25) is 0 Å². The summed E-state index contributed by atoms with van der Waals surface area (Å²) >= 11 is 1.23. The fourth-order valence-electron chi connectivity index (χ4n) is 2.64. The fraction of sp³-hybridized carbons (Fsp3) is 0.500. The van der Waals surface area contributed by atoms with Crippen molar-refractivity contribution < 1.29 is 4.79 Å². The summed E-state index contributed by atoms with van der Waals surface area (Å²) in [5, 5.41) is 19.4. The largest absolute Gasteiger partial charge is 0.313 e. The molecule has 1 atom stereocenters. The van der Waals surface area contributed by atoms with Crippen LogP contribution in [-0.4, -0.2) is 24.9 Å². The summed E-state index contributed by atoms with van der Waals surface area (Å²) in [6.45, 7) is 2.56. The molecule has 3 heterocycles. The number of Topliss-reactive ketones (excluding diaryl/α,β-unsaturated/α-hetero) is 1. The van der Waals surface area contributed by atoms with Crippen LogP contribution in [0.1, 0.15) is 52.9 Å². The molecular formula is C14H15N5OS. The molecule has 3 rings (SSSR count). The summed E-state index contributed by atoms with van der Waals surface area (Å²) in [6.07, 6.45) is 4.11. The van der Waals surface area contributed by atoms with E-state index in [-0.39, 0.29) is 5.78 Å². The lowest BCUT2D eigenvalue weighted by Crippen LogP contribution is -2.18. The van der Waals surface area contributed by atoms with Crippen LogP contribution in [0.15, 0.2) is 5.38 Å². The van der Waals surface area contributed by atoms with Gasteiger partial charge in [0.05, 0.1) is 17.3 Å². The van der Waals surface area contributed by atoms with Gasteiger partial charge in [-0.2, -0.15) is 9.64 Å². The molecule has 0 spiro atoms. The first kappa shape index (κ1) is 13.9. The van der Waals surface area contributed by atoms with Crippen molar-refractivity contribution in [1.29, 1.82) is 5.26 Å². The van der Waals surface area contributed by atoms with Gasteiger partial charge in [-0.1, -0.05) is 6.42 Å². The van der Waals surface area contributed by atoms with Crippen LogP contribution in [0.3, 0.4) is 0 Å². The van der Waals surface area contributed by atoms with Crippen molar-refractivity contribution in [2.45, 2.75) is 45.1 Å². The van der Waals surface area contributed by atoms with E-state index in [9.17, 15) is 10.1 Å². The first-order chi connectivity index (χ1) is 10.2. The van der Waals surface area contributed by atoms with Crippen LogP contribution in [0.25, 0.3) is 0 Å². The van der Waals surface area contributed by atoms with E-state index in [1.54, 1.807) is 12.3 Å². The molecule has 0 aromatic carbocycles. The van der Waals surface area contributed by atoms with Gasteiger partial charge in [0.15, 0.2) is 17.5 Å². The van der Waals surface area contributed by atoms with E-state index in [0.717, 1.165) is 38.1 Å². The van der Waals surface area contributed by atoms with E-state index in [1.165, 1.54) is 11.5 Å². The normalized spacial score (nSPS) is 15.8. The number of ketones is 1. The highest BCUT2D eigenvalue weighted by Crippen LogP contribution is 2.24. The summed E-state index contributed by atoms with van der Waals surface area (Å²) in [4.78, 5) is 12.6. The molecule has 2 aromatic heterocycles. The van der Waals surface area contributed by atoms with Crippen LogP contribution in [-0.2, 0) is 13.0 Å². The molecule has 1 aliphatic rings. The summed E-state index contributed by atoms with van der Waals surface area (Å²) in [5.74, 6) is 0.225. The number of fused-ring (bicyclic) bond motifs is 1. The molecule has 0 unspecified atom stereocenters. The zero-order valence-corrected chi connectivity index (χ0v) is 12.6. The molecular weight excluding hydrogens is 286 g/mol. The van der Waals surface area contributed by atoms with Crippen LogP contribution in [0.5, 0.6) is 0 Å². The number of aryl methyl sites for hydroxylation is 2. The second-order valence-electron chi connectivity index (χ2n) is 5.18. The summed E-state index contributed by atoms with van der Waals surface area (Å²) in [5.41, 5.74) is 1.18. The van der Waals surface area contributed by atoms with Gasteiger partial charge in [0, 0.05) is 18.3 Å². The Morgan fingerprint density at radius 2 is 2.29 bits per heavy atom. The molecule has 0 radical (unpaired) electrons. The lowest BCUT2D eigenvalue weighted by molar-refractivity contribution is 0.0974. The van der Waals surface area contributed by atoms with Crippen molar-refractivity contribution >= 4 is 17.3 Å². The standard InChI is InChI=1S/C14H15N5OS/c1-9-11(8-21-18-9)13(20)10(7-15)14-17-16-12-5-3-2-4-6-19(12)14/h8,10H,2-6H2,1H3/t10-/m0/s1. The van der Waals surface area contributed by atoms with Gasteiger partial charge in [-0.25, -0.2) is 0 Å². The third-order valence-corrected chi connectivity index (χ3v) is 4.52. The molecule has 21 heavy (non-hydrogen) atoms. The minimum absolute atomic E-state index is 0.233. The highest BCUT2D eigenvalue weighted by molar-refractivity contribution is 7.04. The summed E-state index contributed by atoms with van der Waals surface area (Å²) < 4.78 is 6.06. The fourth-order valence-corrected chi connectivity index (χ4v) is 3.34. The summed E-state index contributed by atoms with van der Waals surface area (Å²) in [7, 11) is 0. The topological polar surface area (TPSA) is 84.5 Å². The average Bonchev–Trinajstić information content (AvgIpc) is 3.00. The molecule has 0 fully saturated rings. The first-order valence-corrected chi connectivity index (χ1v) is 7.83. The minimum atomic E-state index is -0.903. The molecule has 6 nitrogen and oxygen atoms in total. The second-order valence-corrected chi connectivity index (χ2v) is 5.81. The third-order valence-electron chi connectivity index (χ3n) is 3.80. The molecule has 2 aromatic rings. The van der Waals surface area contributed by atoms with Crippen LogP contribution in [0, 0.1) is 18.3 Å². The first-order valence-electron chi connectivity index (χ1n) is 6.99. The average molecular weight is 301 g/mol. The highest BCUT2D eigenvalue weighted by atomic mass is 32.1. The molecule has 0 saturated carbocycles. The smallest absolute Gasteiger partial charge is 0.190 e. The maximum Gasteiger partial charge on any atom is 0.190 e. The van der Waals surface area contributed by atoms with Crippen molar-refractivity contribution in [3.63, 3.8) is 0 Å². The molecule has 0 aliphatic carbocycles. The Morgan fingerprint density at radius 1 is 1.43 bits per heavy atom. The van der Waals surface area contributed by atoms with Gasteiger partial charge in [0.25, 0.3) is 0 Å². The van der Waals surface area contributed by atoms with Crippen molar-refractivity contribution in [1.82, 2.24) is 19.1 Å². The number of rotatable bonds is 3. The van der Waals surface area contributed by atoms with E-state index >= 15 is 0 Å². The molecule has 0 amide bonds. The number of hydrogen-bond acceptors (Lipinski definition) is 6. The van der Waals surface area contributed by atoms with E-state index in [2.05, 4.69) is 20.6 Å². The van der Waals surface area contributed by atoms with Crippen molar-refractivity contribution in [2.75, 3.05) is 0 Å². The van der Waals surface area contributed by atoms with Crippen molar-refractivity contribution in [3.05, 3.63) is 28.3 Å². The van der Waals surface area contributed by atoms with E-state index in [1.807, 2.05) is 4.57 Å². The van der Waals surface area contributed by atoms with Crippen LogP contribution >= 0.6 is 11.5 Å². The lowest BCUT2D eigenvalue weighted by Gasteiger charge is -2.10. The SMILES string of the molecule is Cc1nscc1C(=O)[C@H](C#N)c1nnc2n1CCCCC2. The highest BCUT2D eigenvalue weighted by Gasteiger charge is 2.30. The number of nitrogens with zero attached hydrogens (tertiary/aromatic N) is 5. The monoisotopic (exact) mass is 301 g/mol. The Kier molecular flexibility index (Phi) is 3.80. The maximum absolute atomic E-state index is 12.6. The predicted molar refractivity (Wildman–Crippen MR) is 77.1 cm³/mol. The third kappa shape index (κ3) is 2.47. The number of aromatic nitrogens is 4.